The Hall–Kier alpha value is -1.85. The highest BCUT2D eigenvalue weighted by Gasteiger charge is 2.08. The maximum atomic E-state index is 10.6. The number of hydrogen-bond donors (Lipinski definition) is 1. The van der Waals surface area contributed by atoms with E-state index in [4.69, 9.17) is 21.4 Å². The highest BCUT2D eigenvalue weighted by atomic mass is 35.5. The van der Waals surface area contributed by atoms with Crippen molar-refractivity contribution in [2.24, 2.45) is 0 Å². The van der Waals surface area contributed by atoms with Crippen LogP contribution in [0.2, 0.25) is 5.02 Å². The molecule has 21 heavy (non-hydrogen) atoms. The Morgan fingerprint density at radius 3 is 3.00 bits per heavy atom. The molecule has 2 aromatic rings. The zero-order valence-corrected chi connectivity index (χ0v) is 12.9. The van der Waals surface area contributed by atoms with Gasteiger partial charge in [-0.05, 0) is 18.6 Å². The number of carbonyl (C=O) groups is 1. The lowest BCUT2D eigenvalue weighted by Crippen LogP contribution is -1.98. The lowest BCUT2D eigenvalue weighted by molar-refractivity contribution is -0.131. The number of thiazole rings is 1. The van der Waals surface area contributed by atoms with Crippen molar-refractivity contribution in [1.29, 1.82) is 0 Å². The molecule has 0 aliphatic carbocycles. The molecular formula is C15H14ClNO3S. The largest absolute Gasteiger partial charge is 0.485 e. The number of hydrogen-bond acceptors (Lipinski definition) is 4. The van der Waals surface area contributed by atoms with Gasteiger partial charge in [-0.2, -0.15) is 0 Å². The number of benzene rings is 1. The van der Waals surface area contributed by atoms with Crippen LogP contribution in [0.3, 0.4) is 0 Å². The Kier molecular flexibility index (Phi) is 5.36. The first kappa shape index (κ1) is 15.5. The number of para-hydroxylation sites is 1. The van der Waals surface area contributed by atoms with Crippen molar-refractivity contribution in [3.63, 3.8) is 0 Å². The summed E-state index contributed by atoms with van der Waals surface area (Å²) in [6.45, 7) is 2.35. The Bertz CT molecular complexity index is 667. The Labute approximate surface area is 131 Å². The average molecular weight is 324 g/mol. The van der Waals surface area contributed by atoms with Gasteiger partial charge in [0.25, 0.3) is 0 Å². The number of rotatable bonds is 6. The van der Waals surface area contributed by atoms with Gasteiger partial charge in [-0.3, -0.25) is 0 Å². The van der Waals surface area contributed by atoms with Gasteiger partial charge in [-0.25, -0.2) is 9.78 Å². The molecule has 0 amide bonds. The highest BCUT2D eigenvalue weighted by Crippen LogP contribution is 2.30. The average Bonchev–Trinajstić information content (AvgIpc) is 2.92. The molecule has 1 aromatic carbocycles. The van der Waals surface area contributed by atoms with Crippen LogP contribution in [0.15, 0.2) is 29.7 Å². The molecule has 6 heteroatoms. The van der Waals surface area contributed by atoms with Crippen molar-refractivity contribution < 1.29 is 14.6 Å². The molecule has 2 rings (SSSR count). The third-order valence-corrected chi connectivity index (χ3v) is 4.01. The molecule has 0 fully saturated rings. The van der Waals surface area contributed by atoms with Crippen LogP contribution in [0, 0.1) is 0 Å². The molecule has 0 saturated heterocycles. The smallest absolute Gasteiger partial charge is 0.328 e. The first-order chi connectivity index (χ1) is 10.1. The molecule has 0 spiro atoms. The fourth-order valence-electron chi connectivity index (χ4n) is 1.69. The van der Waals surface area contributed by atoms with E-state index in [1.54, 1.807) is 29.5 Å². The molecule has 0 bridgehead atoms. The van der Waals surface area contributed by atoms with Crippen LogP contribution < -0.4 is 4.74 Å². The van der Waals surface area contributed by atoms with Crippen molar-refractivity contribution in [2.75, 3.05) is 0 Å². The molecule has 4 nitrogen and oxygen atoms in total. The molecule has 0 aliphatic rings. The molecule has 1 heterocycles. The normalized spacial score (nSPS) is 11.0. The second-order valence-corrected chi connectivity index (χ2v) is 5.55. The van der Waals surface area contributed by atoms with Gasteiger partial charge in [0.05, 0.1) is 15.7 Å². The minimum atomic E-state index is -1.02. The predicted octanol–water partition coefficient (Wildman–Crippen LogP) is 4.04. The summed E-state index contributed by atoms with van der Waals surface area (Å²) in [5, 5.41) is 12.1. The number of aliphatic carboxylic acids is 1. The zero-order chi connectivity index (χ0) is 15.2. The van der Waals surface area contributed by atoms with E-state index in [1.165, 1.54) is 6.08 Å². The van der Waals surface area contributed by atoms with Crippen molar-refractivity contribution in [3.05, 3.63) is 50.9 Å². The topological polar surface area (TPSA) is 59.4 Å². The van der Waals surface area contributed by atoms with Crippen LogP contribution in [-0.4, -0.2) is 16.1 Å². The lowest BCUT2D eigenvalue weighted by Gasteiger charge is -2.09. The van der Waals surface area contributed by atoms with Crippen molar-refractivity contribution in [2.45, 2.75) is 20.0 Å². The van der Waals surface area contributed by atoms with E-state index in [9.17, 15) is 4.79 Å². The van der Waals surface area contributed by atoms with Gasteiger partial charge in [-0.1, -0.05) is 30.7 Å². The summed E-state index contributed by atoms with van der Waals surface area (Å²) < 4.78 is 5.71. The Morgan fingerprint density at radius 1 is 1.52 bits per heavy atom. The van der Waals surface area contributed by atoms with Gasteiger partial charge in [0.1, 0.15) is 12.4 Å². The SMILES string of the molecule is CCc1nc(COc2c(Cl)cccc2/C=C/C(=O)O)cs1. The fourth-order valence-corrected chi connectivity index (χ4v) is 2.66. The monoisotopic (exact) mass is 323 g/mol. The van der Waals surface area contributed by atoms with Gasteiger partial charge < -0.3 is 9.84 Å². The van der Waals surface area contributed by atoms with E-state index >= 15 is 0 Å². The number of carboxylic acid groups (broad SMARTS) is 1. The molecule has 0 unspecified atom stereocenters. The molecule has 0 saturated carbocycles. The summed E-state index contributed by atoms with van der Waals surface area (Å²) in [7, 11) is 0. The second kappa shape index (κ2) is 7.24. The molecular weight excluding hydrogens is 310 g/mol. The van der Waals surface area contributed by atoms with Gasteiger partial charge >= 0.3 is 5.97 Å². The standard InChI is InChI=1S/C15H14ClNO3S/c1-2-13-17-11(9-21-13)8-20-15-10(6-7-14(18)19)4-3-5-12(15)16/h3-7,9H,2,8H2,1H3,(H,18,19)/b7-6+. The molecule has 1 N–H and O–H groups in total. The fraction of sp³-hybridized carbons (Fsp3) is 0.200. The highest BCUT2D eigenvalue weighted by molar-refractivity contribution is 7.09. The second-order valence-electron chi connectivity index (χ2n) is 4.20. The Balaban J connectivity index is 2.16. The van der Waals surface area contributed by atoms with Gasteiger partial charge in [0.2, 0.25) is 0 Å². The minimum Gasteiger partial charge on any atom is -0.485 e. The van der Waals surface area contributed by atoms with Crippen LogP contribution >= 0.6 is 22.9 Å². The summed E-state index contributed by atoms with van der Waals surface area (Å²) in [6.07, 6.45) is 3.40. The lowest BCUT2D eigenvalue weighted by atomic mass is 10.2. The number of aromatic nitrogens is 1. The van der Waals surface area contributed by atoms with E-state index in [0.717, 1.165) is 23.2 Å². The predicted molar refractivity (Wildman–Crippen MR) is 83.9 cm³/mol. The van der Waals surface area contributed by atoms with Crippen LogP contribution in [0.25, 0.3) is 6.08 Å². The van der Waals surface area contributed by atoms with E-state index in [-0.39, 0.29) is 0 Å². The number of carboxylic acids is 1. The summed E-state index contributed by atoms with van der Waals surface area (Å²) in [4.78, 5) is 15.0. The van der Waals surface area contributed by atoms with E-state index in [0.29, 0.717) is 22.9 Å². The first-order valence-electron chi connectivity index (χ1n) is 6.35. The summed E-state index contributed by atoms with van der Waals surface area (Å²) in [5.41, 5.74) is 1.46. The van der Waals surface area contributed by atoms with Gasteiger partial charge in [0.15, 0.2) is 0 Å². The number of halogens is 1. The molecule has 1 aromatic heterocycles. The Morgan fingerprint density at radius 2 is 2.33 bits per heavy atom. The van der Waals surface area contributed by atoms with Gasteiger partial charge in [-0.15, -0.1) is 11.3 Å². The quantitative estimate of drug-likeness (QED) is 0.815. The molecule has 110 valence electrons. The number of aryl methyl sites for hydroxylation is 1. The summed E-state index contributed by atoms with van der Waals surface area (Å²) in [5.74, 6) is -0.560. The van der Waals surface area contributed by atoms with Crippen molar-refractivity contribution in [1.82, 2.24) is 4.98 Å². The summed E-state index contributed by atoms with van der Waals surface area (Å²) >= 11 is 7.71. The number of nitrogens with zero attached hydrogens (tertiary/aromatic N) is 1. The van der Waals surface area contributed by atoms with Crippen LogP contribution in [0.1, 0.15) is 23.2 Å². The minimum absolute atomic E-state index is 0.300. The van der Waals surface area contributed by atoms with Gasteiger partial charge in [0, 0.05) is 17.0 Å². The van der Waals surface area contributed by atoms with E-state index in [1.807, 2.05) is 12.3 Å². The van der Waals surface area contributed by atoms with Crippen LogP contribution in [0.4, 0.5) is 0 Å². The first-order valence-corrected chi connectivity index (χ1v) is 7.61. The molecule has 0 atom stereocenters. The molecule has 0 aliphatic heterocycles. The van der Waals surface area contributed by atoms with Crippen molar-refractivity contribution >= 4 is 35.0 Å². The maximum Gasteiger partial charge on any atom is 0.328 e. The zero-order valence-electron chi connectivity index (χ0n) is 11.4. The number of ether oxygens (including phenoxy) is 1. The molecule has 0 radical (unpaired) electrons. The van der Waals surface area contributed by atoms with Crippen molar-refractivity contribution in [3.8, 4) is 5.75 Å². The summed E-state index contributed by atoms with van der Waals surface area (Å²) in [6, 6.07) is 5.20. The third kappa shape index (κ3) is 4.31. The maximum absolute atomic E-state index is 10.6. The van der Waals surface area contributed by atoms with Crippen LogP contribution in [-0.2, 0) is 17.8 Å². The van der Waals surface area contributed by atoms with E-state index in [2.05, 4.69) is 4.98 Å². The van der Waals surface area contributed by atoms with Crippen LogP contribution in [0.5, 0.6) is 5.75 Å². The third-order valence-electron chi connectivity index (χ3n) is 2.67. The van der Waals surface area contributed by atoms with E-state index < -0.39 is 5.97 Å².